The van der Waals surface area contributed by atoms with Gasteiger partial charge >= 0.3 is 0 Å². The molecule has 1 unspecified atom stereocenters. The van der Waals surface area contributed by atoms with Crippen LogP contribution in [0.25, 0.3) is 0 Å². The molecule has 1 aromatic carbocycles. The van der Waals surface area contributed by atoms with Crippen molar-refractivity contribution >= 4 is 21.8 Å². The molecule has 1 atom stereocenters. The molecular formula is C13H18N2O3S2. The lowest BCUT2D eigenvalue weighted by molar-refractivity contribution is 0.0908. The summed E-state index contributed by atoms with van der Waals surface area (Å²) in [4.78, 5) is 0.124. The van der Waals surface area contributed by atoms with Crippen molar-refractivity contribution < 1.29 is 13.5 Å². The monoisotopic (exact) mass is 314 g/mol. The maximum absolute atomic E-state index is 12.1. The lowest BCUT2D eigenvalue weighted by Crippen LogP contribution is -2.42. The second-order valence-corrected chi connectivity index (χ2v) is 7.37. The van der Waals surface area contributed by atoms with E-state index < -0.39 is 15.6 Å². The summed E-state index contributed by atoms with van der Waals surface area (Å²) in [6.07, 6.45) is 2.09. The maximum atomic E-state index is 12.1. The molecule has 0 amide bonds. The lowest BCUT2D eigenvalue weighted by Gasteiger charge is -2.22. The number of thioether (sulfide) groups is 1. The lowest BCUT2D eigenvalue weighted by atomic mass is 10.1. The molecule has 0 bridgehead atoms. The number of nitrogens with one attached hydrogen (secondary N) is 1. The summed E-state index contributed by atoms with van der Waals surface area (Å²) in [5.74, 6) is 0.441. The van der Waals surface area contributed by atoms with Crippen LogP contribution in [0, 0.1) is 11.3 Å². The van der Waals surface area contributed by atoms with Gasteiger partial charge < -0.3 is 5.11 Å². The number of nitrogens with zero attached hydrogens (tertiary/aromatic N) is 1. The van der Waals surface area contributed by atoms with Crippen molar-refractivity contribution in [2.75, 3.05) is 18.6 Å². The first kappa shape index (κ1) is 17.0. The van der Waals surface area contributed by atoms with E-state index in [1.165, 1.54) is 23.9 Å². The predicted octanol–water partition coefficient (Wildman–Crippen LogP) is 1.14. The van der Waals surface area contributed by atoms with E-state index in [2.05, 4.69) is 4.72 Å². The quantitative estimate of drug-likeness (QED) is 0.788. The van der Waals surface area contributed by atoms with E-state index in [0.717, 1.165) is 5.56 Å². The minimum atomic E-state index is -3.65. The molecule has 0 aliphatic carbocycles. The zero-order valence-corrected chi connectivity index (χ0v) is 13.1. The second-order valence-electron chi connectivity index (χ2n) is 4.73. The highest BCUT2D eigenvalue weighted by atomic mass is 32.2. The smallest absolute Gasteiger partial charge is 0.240 e. The molecule has 0 spiro atoms. The van der Waals surface area contributed by atoms with Gasteiger partial charge in [0.1, 0.15) is 0 Å². The highest BCUT2D eigenvalue weighted by molar-refractivity contribution is 7.98. The van der Waals surface area contributed by atoms with Gasteiger partial charge in [-0.2, -0.15) is 17.0 Å². The van der Waals surface area contributed by atoms with Gasteiger partial charge in [0.2, 0.25) is 10.0 Å². The van der Waals surface area contributed by atoms with Gasteiger partial charge in [-0.05, 0) is 30.9 Å². The van der Waals surface area contributed by atoms with Crippen LogP contribution in [-0.2, 0) is 16.4 Å². The van der Waals surface area contributed by atoms with Crippen LogP contribution in [0.2, 0.25) is 0 Å². The van der Waals surface area contributed by atoms with Crippen LogP contribution in [0.4, 0.5) is 0 Å². The van der Waals surface area contributed by atoms with Crippen molar-refractivity contribution in [3.05, 3.63) is 29.8 Å². The fraction of sp³-hybridized carbons (Fsp3) is 0.462. The summed E-state index contributed by atoms with van der Waals surface area (Å²) in [6.45, 7) is 1.54. The van der Waals surface area contributed by atoms with Crippen molar-refractivity contribution in [1.29, 1.82) is 5.26 Å². The fourth-order valence-corrected chi connectivity index (χ4v) is 3.46. The SMILES string of the molecule is CSCC(C)(O)CNS(=O)(=O)c1ccc(CC#N)cc1. The Hall–Kier alpha value is -1.07. The van der Waals surface area contributed by atoms with E-state index in [1.54, 1.807) is 19.1 Å². The Morgan fingerprint density at radius 2 is 2.00 bits per heavy atom. The van der Waals surface area contributed by atoms with E-state index >= 15 is 0 Å². The van der Waals surface area contributed by atoms with Crippen molar-refractivity contribution in [3.8, 4) is 6.07 Å². The first-order valence-corrected chi connectivity index (χ1v) is 8.85. The largest absolute Gasteiger partial charge is 0.388 e. The Kier molecular flexibility index (Phi) is 6.02. The molecule has 0 saturated carbocycles. The molecule has 0 fully saturated rings. The van der Waals surface area contributed by atoms with Gasteiger partial charge in [-0.3, -0.25) is 0 Å². The third-order valence-corrected chi connectivity index (χ3v) is 4.94. The number of nitriles is 1. The summed E-state index contributed by atoms with van der Waals surface area (Å²) in [7, 11) is -3.65. The van der Waals surface area contributed by atoms with Crippen molar-refractivity contribution in [2.45, 2.75) is 23.8 Å². The van der Waals surface area contributed by atoms with Crippen LogP contribution in [0.15, 0.2) is 29.2 Å². The molecule has 0 radical (unpaired) electrons. The highest BCUT2D eigenvalue weighted by Crippen LogP contribution is 2.13. The van der Waals surface area contributed by atoms with Crippen LogP contribution in [0.3, 0.4) is 0 Å². The molecule has 7 heteroatoms. The predicted molar refractivity (Wildman–Crippen MR) is 80.0 cm³/mol. The number of hydrogen-bond donors (Lipinski definition) is 2. The molecule has 110 valence electrons. The Balaban J connectivity index is 2.76. The minimum Gasteiger partial charge on any atom is -0.388 e. The zero-order valence-electron chi connectivity index (χ0n) is 11.5. The standard InChI is InChI=1S/C13H18N2O3S2/c1-13(16,10-19-2)9-15-20(17,18)12-5-3-11(4-6-12)7-8-14/h3-6,15-16H,7,9-10H2,1-2H3. The molecule has 2 N–H and O–H groups in total. The minimum absolute atomic E-state index is 0.0455. The highest BCUT2D eigenvalue weighted by Gasteiger charge is 2.23. The number of rotatable bonds is 7. The van der Waals surface area contributed by atoms with Gasteiger partial charge in [0.25, 0.3) is 0 Å². The molecule has 1 aromatic rings. The third-order valence-electron chi connectivity index (χ3n) is 2.62. The van der Waals surface area contributed by atoms with Crippen molar-refractivity contribution in [1.82, 2.24) is 4.72 Å². The normalized spacial score (nSPS) is 14.5. The van der Waals surface area contributed by atoms with Crippen LogP contribution in [0.1, 0.15) is 12.5 Å². The van der Waals surface area contributed by atoms with Gasteiger partial charge in [0.15, 0.2) is 0 Å². The molecule has 0 aliphatic heterocycles. The van der Waals surface area contributed by atoms with Gasteiger partial charge in [0.05, 0.1) is 23.0 Å². The molecule has 20 heavy (non-hydrogen) atoms. The maximum Gasteiger partial charge on any atom is 0.240 e. The van der Waals surface area contributed by atoms with Crippen LogP contribution >= 0.6 is 11.8 Å². The molecule has 0 saturated heterocycles. The average molecular weight is 314 g/mol. The Labute approximate surface area is 124 Å². The second kappa shape index (κ2) is 7.09. The summed E-state index contributed by atoms with van der Waals surface area (Å²) in [5, 5.41) is 18.5. The first-order valence-electron chi connectivity index (χ1n) is 5.97. The van der Waals surface area contributed by atoms with E-state index in [-0.39, 0.29) is 17.9 Å². The fourth-order valence-electron chi connectivity index (χ4n) is 1.57. The van der Waals surface area contributed by atoms with Gasteiger partial charge in [-0.25, -0.2) is 13.1 Å². The van der Waals surface area contributed by atoms with E-state index in [1.807, 2.05) is 12.3 Å². The topological polar surface area (TPSA) is 90.2 Å². The van der Waals surface area contributed by atoms with Crippen LogP contribution in [-0.4, -0.2) is 37.7 Å². The number of hydrogen-bond acceptors (Lipinski definition) is 5. The van der Waals surface area contributed by atoms with Crippen molar-refractivity contribution in [3.63, 3.8) is 0 Å². The molecule has 1 rings (SSSR count). The van der Waals surface area contributed by atoms with Crippen LogP contribution < -0.4 is 4.72 Å². The Morgan fingerprint density at radius 3 is 2.50 bits per heavy atom. The zero-order chi connectivity index (χ0) is 15.2. The number of benzene rings is 1. The third kappa shape index (κ3) is 5.13. The first-order chi connectivity index (χ1) is 9.30. The van der Waals surface area contributed by atoms with Crippen LogP contribution in [0.5, 0.6) is 0 Å². The Bertz CT molecular complexity index is 575. The molecule has 0 heterocycles. The van der Waals surface area contributed by atoms with Gasteiger partial charge in [0, 0.05) is 12.3 Å². The summed E-state index contributed by atoms with van der Waals surface area (Å²) in [5.41, 5.74) is -0.325. The molecule has 0 aliphatic rings. The van der Waals surface area contributed by atoms with E-state index in [0.29, 0.717) is 5.75 Å². The molecule has 5 nitrogen and oxygen atoms in total. The van der Waals surface area contributed by atoms with E-state index in [9.17, 15) is 13.5 Å². The van der Waals surface area contributed by atoms with E-state index in [4.69, 9.17) is 5.26 Å². The Morgan fingerprint density at radius 1 is 1.40 bits per heavy atom. The van der Waals surface area contributed by atoms with Crippen molar-refractivity contribution in [2.24, 2.45) is 0 Å². The molecular weight excluding hydrogens is 296 g/mol. The molecule has 0 aromatic heterocycles. The average Bonchev–Trinajstić information content (AvgIpc) is 2.38. The summed E-state index contributed by atoms with van der Waals surface area (Å²) < 4.78 is 26.5. The number of sulfonamides is 1. The summed E-state index contributed by atoms with van der Waals surface area (Å²) in [6, 6.07) is 8.13. The number of aliphatic hydroxyl groups is 1. The van der Waals surface area contributed by atoms with Gasteiger partial charge in [-0.15, -0.1) is 0 Å². The summed E-state index contributed by atoms with van der Waals surface area (Å²) >= 11 is 1.45. The van der Waals surface area contributed by atoms with Gasteiger partial charge in [-0.1, -0.05) is 12.1 Å².